The molecule has 1 atom stereocenters. The molecule has 0 aliphatic carbocycles. The van der Waals surface area contributed by atoms with Gasteiger partial charge in [0.05, 0.1) is 17.9 Å². The SMILES string of the molecule is O=C(CC1CSc2nc3c(cnn3-c3ccc(F)cc3)c(=O)n21)Nc1cccc(Cl)c1. The van der Waals surface area contributed by atoms with E-state index in [4.69, 9.17) is 11.6 Å². The van der Waals surface area contributed by atoms with E-state index >= 15 is 0 Å². The Hall–Kier alpha value is -3.17. The molecular weight excluding hydrogens is 441 g/mol. The monoisotopic (exact) mass is 455 g/mol. The van der Waals surface area contributed by atoms with Gasteiger partial charge < -0.3 is 5.32 Å². The molecule has 2 aromatic carbocycles. The van der Waals surface area contributed by atoms with Crippen molar-refractivity contribution in [3.05, 3.63) is 75.9 Å². The topological polar surface area (TPSA) is 81.8 Å². The van der Waals surface area contributed by atoms with Crippen molar-refractivity contribution in [1.82, 2.24) is 19.3 Å². The molecule has 1 amide bonds. The first-order valence-electron chi connectivity index (χ1n) is 9.44. The van der Waals surface area contributed by atoms with Gasteiger partial charge in [-0.15, -0.1) is 0 Å². The molecule has 31 heavy (non-hydrogen) atoms. The van der Waals surface area contributed by atoms with Gasteiger partial charge in [-0.3, -0.25) is 14.2 Å². The minimum atomic E-state index is -0.358. The molecule has 0 fully saturated rings. The first-order chi connectivity index (χ1) is 15.0. The summed E-state index contributed by atoms with van der Waals surface area (Å²) >= 11 is 7.38. The van der Waals surface area contributed by atoms with Gasteiger partial charge >= 0.3 is 0 Å². The van der Waals surface area contributed by atoms with Crippen molar-refractivity contribution in [2.75, 3.05) is 11.1 Å². The number of aromatic nitrogens is 4. The minimum Gasteiger partial charge on any atom is -0.326 e. The number of thioether (sulfide) groups is 1. The van der Waals surface area contributed by atoms with E-state index in [1.807, 2.05) is 0 Å². The van der Waals surface area contributed by atoms with E-state index in [9.17, 15) is 14.0 Å². The number of nitrogens with zero attached hydrogens (tertiary/aromatic N) is 4. The average molecular weight is 456 g/mol. The highest BCUT2D eigenvalue weighted by Crippen LogP contribution is 2.33. The molecule has 0 saturated carbocycles. The summed E-state index contributed by atoms with van der Waals surface area (Å²) in [6.45, 7) is 0. The molecule has 0 spiro atoms. The van der Waals surface area contributed by atoms with Gasteiger partial charge in [-0.05, 0) is 42.5 Å². The maximum Gasteiger partial charge on any atom is 0.265 e. The van der Waals surface area contributed by atoms with Crippen molar-refractivity contribution in [3.8, 4) is 5.69 Å². The van der Waals surface area contributed by atoms with Gasteiger partial charge in [0, 0.05) is 22.9 Å². The molecule has 1 aliphatic rings. The Labute approximate surface area is 184 Å². The van der Waals surface area contributed by atoms with Gasteiger partial charge in [0.15, 0.2) is 10.8 Å². The van der Waals surface area contributed by atoms with Crippen molar-refractivity contribution < 1.29 is 9.18 Å². The number of hydrogen-bond donors (Lipinski definition) is 1. The molecule has 156 valence electrons. The quantitative estimate of drug-likeness (QED) is 0.469. The predicted molar refractivity (Wildman–Crippen MR) is 118 cm³/mol. The van der Waals surface area contributed by atoms with Crippen LogP contribution in [-0.2, 0) is 4.79 Å². The number of hydrogen-bond acceptors (Lipinski definition) is 5. The van der Waals surface area contributed by atoms with Gasteiger partial charge in [0.25, 0.3) is 5.56 Å². The van der Waals surface area contributed by atoms with Crippen molar-refractivity contribution in [1.29, 1.82) is 0 Å². The fourth-order valence-electron chi connectivity index (χ4n) is 3.54. The summed E-state index contributed by atoms with van der Waals surface area (Å²) in [6.07, 6.45) is 1.58. The molecular formula is C21H15ClFN5O2S. The van der Waals surface area contributed by atoms with Crippen LogP contribution in [0.5, 0.6) is 0 Å². The number of halogens is 2. The van der Waals surface area contributed by atoms with Gasteiger partial charge in [-0.25, -0.2) is 14.1 Å². The molecule has 1 unspecified atom stereocenters. The van der Waals surface area contributed by atoms with Crippen LogP contribution < -0.4 is 10.9 Å². The third-order valence-electron chi connectivity index (χ3n) is 4.97. The van der Waals surface area contributed by atoms with E-state index in [1.165, 1.54) is 34.8 Å². The minimum absolute atomic E-state index is 0.131. The fourth-order valence-corrected chi connectivity index (χ4v) is 4.87. The second kappa shape index (κ2) is 7.82. The largest absolute Gasteiger partial charge is 0.326 e. The van der Waals surface area contributed by atoms with E-state index in [1.54, 1.807) is 41.0 Å². The number of carbonyl (C=O) groups is 1. The van der Waals surface area contributed by atoms with Crippen LogP contribution in [0.1, 0.15) is 12.5 Å². The molecule has 0 bridgehead atoms. The summed E-state index contributed by atoms with van der Waals surface area (Å²) < 4.78 is 16.3. The number of nitrogens with one attached hydrogen (secondary N) is 1. The van der Waals surface area contributed by atoms with Crippen LogP contribution in [0.2, 0.25) is 5.02 Å². The average Bonchev–Trinajstić information content (AvgIpc) is 3.34. The molecule has 3 heterocycles. The summed E-state index contributed by atoms with van der Waals surface area (Å²) in [5.41, 5.74) is 1.36. The lowest BCUT2D eigenvalue weighted by atomic mass is 10.2. The van der Waals surface area contributed by atoms with Gasteiger partial charge in [0.1, 0.15) is 11.2 Å². The zero-order chi connectivity index (χ0) is 21.5. The van der Waals surface area contributed by atoms with Crippen LogP contribution >= 0.6 is 23.4 Å². The lowest BCUT2D eigenvalue weighted by Crippen LogP contribution is -2.27. The molecule has 0 saturated heterocycles. The molecule has 1 N–H and O–H groups in total. The molecule has 10 heteroatoms. The zero-order valence-corrected chi connectivity index (χ0v) is 17.5. The second-order valence-electron chi connectivity index (χ2n) is 7.07. The Kier molecular flexibility index (Phi) is 4.99. The Bertz CT molecular complexity index is 1370. The van der Waals surface area contributed by atoms with Gasteiger partial charge in [-0.2, -0.15) is 5.10 Å². The van der Waals surface area contributed by atoms with Crippen molar-refractivity contribution in [2.24, 2.45) is 0 Å². The lowest BCUT2D eigenvalue weighted by Gasteiger charge is -2.13. The maximum atomic E-state index is 13.2. The molecule has 2 aromatic heterocycles. The van der Waals surface area contributed by atoms with Crippen LogP contribution in [0, 0.1) is 5.82 Å². The standard InChI is InChI=1S/C21H15ClFN5O2S/c22-12-2-1-3-14(8-12)25-18(29)9-16-11-31-21-26-19-17(20(30)27(16)21)10-24-28(19)15-6-4-13(23)5-7-15/h1-8,10,16H,9,11H2,(H,25,29). The summed E-state index contributed by atoms with van der Waals surface area (Å²) in [4.78, 5) is 30.3. The Morgan fingerprint density at radius 3 is 2.84 bits per heavy atom. The molecule has 4 aromatic rings. The van der Waals surface area contributed by atoms with Crippen LogP contribution in [0.15, 0.2) is 64.7 Å². The zero-order valence-electron chi connectivity index (χ0n) is 16.0. The molecule has 7 nitrogen and oxygen atoms in total. The van der Waals surface area contributed by atoms with E-state index in [0.29, 0.717) is 38.3 Å². The van der Waals surface area contributed by atoms with E-state index in [2.05, 4.69) is 15.4 Å². The van der Waals surface area contributed by atoms with E-state index in [-0.39, 0.29) is 29.7 Å². The third kappa shape index (κ3) is 3.70. The van der Waals surface area contributed by atoms with Crippen LogP contribution in [-0.4, -0.2) is 31.0 Å². The number of anilines is 1. The Balaban J connectivity index is 1.44. The van der Waals surface area contributed by atoms with Crippen LogP contribution in [0.4, 0.5) is 10.1 Å². The first-order valence-corrected chi connectivity index (χ1v) is 10.8. The van der Waals surface area contributed by atoms with Crippen LogP contribution in [0.3, 0.4) is 0 Å². The van der Waals surface area contributed by atoms with Crippen molar-refractivity contribution in [2.45, 2.75) is 17.6 Å². The van der Waals surface area contributed by atoms with Gasteiger partial charge in [-0.1, -0.05) is 29.4 Å². The predicted octanol–water partition coefficient (Wildman–Crippen LogP) is 4.05. The van der Waals surface area contributed by atoms with Crippen molar-refractivity contribution in [3.63, 3.8) is 0 Å². The van der Waals surface area contributed by atoms with Crippen LogP contribution in [0.25, 0.3) is 16.7 Å². The first kappa shape index (κ1) is 19.8. The van der Waals surface area contributed by atoms with E-state index < -0.39 is 0 Å². The van der Waals surface area contributed by atoms with Gasteiger partial charge in [0.2, 0.25) is 5.91 Å². The highest BCUT2D eigenvalue weighted by molar-refractivity contribution is 7.99. The number of carbonyl (C=O) groups excluding carboxylic acids is 1. The maximum absolute atomic E-state index is 13.2. The smallest absolute Gasteiger partial charge is 0.265 e. The molecule has 0 radical (unpaired) electrons. The summed E-state index contributed by atoms with van der Waals surface area (Å²) in [5.74, 6) is -0.0137. The molecule has 5 rings (SSSR count). The Morgan fingerprint density at radius 2 is 2.06 bits per heavy atom. The highest BCUT2D eigenvalue weighted by Gasteiger charge is 2.29. The summed E-state index contributed by atoms with van der Waals surface area (Å²) in [6, 6.07) is 12.4. The normalized spacial score (nSPS) is 15.2. The lowest BCUT2D eigenvalue weighted by molar-refractivity contribution is -0.116. The number of fused-ring (bicyclic) bond motifs is 2. The summed E-state index contributed by atoms with van der Waals surface area (Å²) in [5, 5.41) is 8.48. The van der Waals surface area contributed by atoms with E-state index in [0.717, 1.165) is 0 Å². The molecule has 1 aliphatic heterocycles. The number of rotatable bonds is 4. The Morgan fingerprint density at radius 1 is 1.26 bits per heavy atom. The number of benzene rings is 2. The van der Waals surface area contributed by atoms with Crippen molar-refractivity contribution >= 4 is 46.0 Å². The number of amides is 1. The second-order valence-corrected chi connectivity index (χ2v) is 8.49. The summed E-state index contributed by atoms with van der Waals surface area (Å²) in [7, 11) is 0. The highest BCUT2D eigenvalue weighted by atomic mass is 35.5. The third-order valence-corrected chi connectivity index (χ3v) is 6.30. The fraction of sp³-hybridized carbons (Fsp3) is 0.143.